The lowest BCUT2D eigenvalue weighted by Gasteiger charge is -2.15. The second kappa shape index (κ2) is 10.1. The molecule has 0 spiro atoms. The third-order valence-corrected chi connectivity index (χ3v) is 5.54. The number of fused-ring (bicyclic) bond motifs is 1. The third-order valence-electron chi connectivity index (χ3n) is 5.29. The number of hydrogen-bond acceptors (Lipinski definition) is 5. The van der Waals surface area contributed by atoms with Crippen LogP contribution in [0.25, 0.3) is 22.2 Å². The fourth-order valence-corrected chi connectivity index (χ4v) is 3.78. The lowest BCUT2D eigenvalue weighted by Crippen LogP contribution is -2.24. The van der Waals surface area contributed by atoms with Gasteiger partial charge in [-0.1, -0.05) is 35.9 Å². The van der Waals surface area contributed by atoms with E-state index in [4.69, 9.17) is 16.9 Å². The molecule has 3 N–H and O–H groups in total. The first kappa shape index (κ1) is 23.5. The van der Waals surface area contributed by atoms with Crippen molar-refractivity contribution in [3.05, 3.63) is 77.1 Å². The summed E-state index contributed by atoms with van der Waals surface area (Å²) in [6.45, 7) is 1.55. The number of anilines is 1. The van der Waals surface area contributed by atoms with Crippen molar-refractivity contribution in [3.63, 3.8) is 0 Å². The Morgan fingerprint density at radius 1 is 1.15 bits per heavy atom. The zero-order chi connectivity index (χ0) is 24.1. The van der Waals surface area contributed by atoms with Gasteiger partial charge in [0.25, 0.3) is 0 Å². The van der Waals surface area contributed by atoms with Crippen molar-refractivity contribution >= 4 is 28.5 Å². The van der Waals surface area contributed by atoms with Crippen LogP contribution in [0.15, 0.2) is 60.9 Å². The molecule has 4 aromatic rings. The number of rotatable bonds is 3. The lowest BCUT2D eigenvalue weighted by molar-refractivity contribution is -0.137. The van der Waals surface area contributed by atoms with Gasteiger partial charge in [0.05, 0.1) is 17.3 Å². The molecule has 0 radical (unpaired) electrons. The Kier molecular flexibility index (Phi) is 7.01. The van der Waals surface area contributed by atoms with Crippen molar-refractivity contribution in [2.75, 3.05) is 18.4 Å². The highest BCUT2D eigenvalue weighted by Crippen LogP contribution is 2.38. The topological polar surface area (TPSA) is 89.4 Å². The second-order valence-corrected chi connectivity index (χ2v) is 8.09. The van der Waals surface area contributed by atoms with Crippen LogP contribution in [0.4, 0.5) is 19.1 Å². The Morgan fingerprint density at radius 2 is 1.94 bits per heavy atom. The summed E-state index contributed by atoms with van der Waals surface area (Å²) in [7, 11) is 0. The molecule has 1 aliphatic rings. The van der Waals surface area contributed by atoms with Gasteiger partial charge in [-0.15, -0.1) is 0 Å². The minimum atomic E-state index is -4.58. The molecular formula is C24H20ClF3N6. The maximum Gasteiger partial charge on any atom is 0.419 e. The number of nitriles is 1. The minimum absolute atomic E-state index is 0.0794. The Bertz CT molecular complexity index is 1310. The van der Waals surface area contributed by atoms with Gasteiger partial charge in [0, 0.05) is 46.5 Å². The van der Waals surface area contributed by atoms with Crippen LogP contribution in [0.1, 0.15) is 17.5 Å². The fraction of sp³-hybridized carbons (Fsp3) is 0.208. The summed E-state index contributed by atoms with van der Waals surface area (Å²) in [5, 5.41) is 16.6. The first-order chi connectivity index (χ1) is 16.3. The molecule has 0 amide bonds. The molecule has 2 aromatic heterocycles. The normalized spacial score (nSPS) is 15.4. The van der Waals surface area contributed by atoms with E-state index in [1.807, 2.05) is 36.4 Å². The Balaban J connectivity index is 0.000000336. The fourth-order valence-electron chi connectivity index (χ4n) is 3.63. The summed E-state index contributed by atoms with van der Waals surface area (Å²) < 4.78 is 40.6. The number of nitrogens with zero attached hydrogens (tertiary/aromatic N) is 3. The summed E-state index contributed by atoms with van der Waals surface area (Å²) in [5.74, 6) is 0.162. The minimum Gasteiger partial charge on any atom is -0.360 e. The van der Waals surface area contributed by atoms with E-state index in [1.165, 1.54) is 6.20 Å². The average Bonchev–Trinajstić information content (AvgIpc) is 3.48. The van der Waals surface area contributed by atoms with Gasteiger partial charge in [-0.3, -0.25) is 0 Å². The highest BCUT2D eigenvalue weighted by molar-refractivity contribution is 6.30. The molecule has 174 valence electrons. The summed E-state index contributed by atoms with van der Waals surface area (Å²) in [4.78, 5) is 11.0. The quantitative estimate of drug-likeness (QED) is 0.351. The standard InChI is InChI=1S/C18H15F3N6.C6H5Cl/c19-18(20,21)14-9-25-17(26-11-3-4-23-7-11)27-16(14)13-8-24-15-5-10(6-22)1-2-12(13)15;7-6-4-2-1-3-5-6/h1-2,5,8-9,11,23-24H,3-4,7H2,(H,25,26,27);1-5H. The van der Waals surface area contributed by atoms with Crippen molar-refractivity contribution in [1.82, 2.24) is 20.3 Å². The van der Waals surface area contributed by atoms with Crippen molar-refractivity contribution in [2.45, 2.75) is 18.6 Å². The molecular weight excluding hydrogens is 465 g/mol. The van der Waals surface area contributed by atoms with Crippen LogP contribution < -0.4 is 10.6 Å². The monoisotopic (exact) mass is 484 g/mol. The van der Waals surface area contributed by atoms with Crippen LogP contribution in [-0.2, 0) is 6.18 Å². The first-order valence-corrected chi connectivity index (χ1v) is 10.9. The largest absolute Gasteiger partial charge is 0.419 e. The Hall–Kier alpha value is -3.61. The van der Waals surface area contributed by atoms with Gasteiger partial charge < -0.3 is 15.6 Å². The van der Waals surface area contributed by atoms with Gasteiger partial charge in [0.1, 0.15) is 5.56 Å². The Morgan fingerprint density at radius 3 is 2.56 bits per heavy atom. The molecule has 34 heavy (non-hydrogen) atoms. The Labute approximate surface area is 198 Å². The first-order valence-electron chi connectivity index (χ1n) is 10.5. The molecule has 1 fully saturated rings. The van der Waals surface area contributed by atoms with Crippen LogP contribution >= 0.6 is 11.6 Å². The van der Waals surface area contributed by atoms with Crippen LogP contribution in [0, 0.1) is 11.3 Å². The van der Waals surface area contributed by atoms with E-state index < -0.39 is 11.7 Å². The number of halogens is 4. The van der Waals surface area contributed by atoms with Crippen molar-refractivity contribution < 1.29 is 13.2 Å². The van der Waals surface area contributed by atoms with Crippen LogP contribution in [0.3, 0.4) is 0 Å². The van der Waals surface area contributed by atoms with Crippen LogP contribution in [-0.4, -0.2) is 34.1 Å². The van der Waals surface area contributed by atoms with E-state index in [0.717, 1.165) is 24.2 Å². The molecule has 0 saturated carbocycles. The van der Waals surface area contributed by atoms with E-state index >= 15 is 0 Å². The summed E-state index contributed by atoms with van der Waals surface area (Å²) in [6.07, 6.45) is -1.44. The summed E-state index contributed by atoms with van der Waals surface area (Å²) in [5.41, 5.74) is 0.220. The van der Waals surface area contributed by atoms with Crippen LogP contribution in [0.5, 0.6) is 0 Å². The number of aromatic nitrogens is 3. The predicted molar refractivity (Wildman–Crippen MR) is 125 cm³/mol. The van der Waals surface area contributed by atoms with Crippen molar-refractivity contribution in [2.24, 2.45) is 0 Å². The van der Waals surface area contributed by atoms with Gasteiger partial charge in [0.15, 0.2) is 0 Å². The number of aromatic amines is 1. The average molecular weight is 485 g/mol. The highest BCUT2D eigenvalue weighted by atomic mass is 35.5. The number of H-pyrrole nitrogens is 1. The van der Waals surface area contributed by atoms with Gasteiger partial charge >= 0.3 is 6.18 Å². The molecule has 0 bridgehead atoms. The molecule has 6 nitrogen and oxygen atoms in total. The van der Waals surface area contributed by atoms with E-state index in [2.05, 4.69) is 25.6 Å². The molecule has 1 atom stereocenters. The maximum atomic E-state index is 13.5. The van der Waals surface area contributed by atoms with Gasteiger partial charge in [-0.2, -0.15) is 18.4 Å². The van der Waals surface area contributed by atoms with Gasteiger partial charge in [0.2, 0.25) is 5.95 Å². The van der Waals surface area contributed by atoms with Crippen LogP contribution in [0.2, 0.25) is 5.02 Å². The van der Waals surface area contributed by atoms with Gasteiger partial charge in [-0.25, -0.2) is 9.97 Å². The molecule has 5 rings (SSSR count). The third kappa shape index (κ3) is 5.47. The molecule has 2 aromatic carbocycles. The zero-order valence-corrected chi connectivity index (χ0v) is 18.6. The molecule has 1 aliphatic heterocycles. The zero-order valence-electron chi connectivity index (χ0n) is 17.8. The van der Waals surface area contributed by atoms with Crippen molar-refractivity contribution in [1.29, 1.82) is 5.26 Å². The van der Waals surface area contributed by atoms with E-state index in [1.54, 1.807) is 18.2 Å². The predicted octanol–water partition coefficient (Wildman–Crippen LogP) is 5.63. The summed E-state index contributed by atoms with van der Waals surface area (Å²) in [6, 6.07) is 16.3. The van der Waals surface area contributed by atoms with E-state index in [-0.39, 0.29) is 17.7 Å². The molecule has 1 saturated heterocycles. The number of hydrogen-bond donors (Lipinski definition) is 3. The van der Waals surface area contributed by atoms with E-state index in [9.17, 15) is 13.2 Å². The smallest absolute Gasteiger partial charge is 0.360 e. The molecule has 10 heteroatoms. The molecule has 0 aliphatic carbocycles. The second-order valence-electron chi connectivity index (χ2n) is 7.66. The maximum absolute atomic E-state index is 13.5. The van der Waals surface area contributed by atoms with Crippen molar-refractivity contribution in [3.8, 4) is 17.3 Å². The number of nitrogens with one attached hydrogen (secondary N) is 3. The lowest BCUT2D eigenvalue weighted by atomic mass is 10.0. The van der Waals surface area contributed by atoms with Gasteiger partial charge in [-0.05, 0) is 37.2 Å². The number of alkyl halides is 3. The highest BCUT2D eigenvalue weighted by Gasteiger charge is 2.36. The number of benzene rings is 2. The molecule has 1 unspecified atom stereocenters. The molecule has 3 heterocycles. The summed E-state index contributed by atoms with van der Waals surface area (Å²) >= 11 is 5.54. The SMILES string of the molecule is Clc1ccccc1.N#Cc1ccc2c(-c3nc(NC4CCNC4)ncc3C(F)(F)F)c[nH]c2c1. The van der Waals surface area contributed by atoms with E-state index in [0.29, 0.717) is 28.6 Å².